The second-order valence-electron chi connectivity index (χ2n) is 4.14. The summed E-state index contributed by atoms with van der Waals surface area (Å²) in [5.74, 6) is 0. The van der Waals surface area contributed by atoms with Gasteiger partial charge < -0.3 is 4.74 Å². The summed E-state index contributed by atoms with van der Waals surface area (Å²) in [4.78, 5) is 0. The summed E-state index contributed by atoms with van der Waals surface area (Å²) in [7, 11) is 0. The molecule has 0 aromatic rings. The smallest absolute Gasteiger partial charge is 0.106 e. The first-order valence-electron chi connectivity index (χ1n) is 5.59. The summed E-state index contributed by atoms with van der Waals surface area (Å²) in [6.07, 6.45) is 5.38. The molecule has 1 aliphatic heterocycles. The van der Waals surface area contributed by atoms with E-state index in [2.05, 4.69) is 33.0 Å². The summed E-state index contributed by atoms with van der Waals surface area (Å²) >= 11 is 0. The van der Waals surface area contributed by atoms with E-state index in [0.717, 1.165) is 6.42 Å². The maximum Gasteiger partial charge on any atom is 0.106 e. The van der Waals surface area contributed by atoms with Crippen LogP contribution in [-0.4, -0.2) is 17.9 Å². The van der Waals surface area contributed by atoms with E-state index in [1.807, 2.05) is 0 Å². The van der Waals surface area contributed by atoms with Crippen LogP contribution in [-0.2, 0) is 4.74 Å². The second-order valence-corrected chi connectivity index (χ2v) is 4.14. The van der Waals surface area contributed by atoms with Crippen molar-refractivity contribution in [2.24, 2.45) is 0 Å². The van der Waals surface area contributed by atoms with Crippen LogP contribution in [0.4, 0.5) is 0 Å². The highest BCUT2D eigenvalue weighted by atomic mass is 16.5. The van der Waals surface area contributed by atoms with Gasteiger partial charge in [0.25, 0.3) is 0 Å². The van der Waals surface area contributed by atoms with E-state index in [4.69, 9.17) is 4.74 Å². The molecule has 78 valence electrons. The molecule has 0 aliphatic carbocycles. The van der Waals surface area contributed by atoms with Crippen LogP contribution in [0.5, 0.6) is 0 Å². The van der Waals surface area contributed by atoms with Gasteiger partial charge in [-0.2, -0.15) is 0 Å². The lowest BCUT2D eigenvalue weighted by Gasteiger charge is -2.44. The Morgan fingerprint density at radius 3 is 2.38 bits per heavy atom. The van der Waals surface area contributed by atoms with Crippen molar-refractivity contribution in [1.82, 2.24) is 5.32 Å². The molecular formula is C11H23NO. The highest BCUT2D eigenvalue weighted by Crippen LogP contribution is 2.29. The zero-order chi connectivity index (χ0) is 9.90. The van der Waals surface area contributed by atoms with Crippen LogP contribution in [0.3, 0.4) is 0 Å². The normalized spacial score (nSPS) is 33.2. The minimum absolute atomic E-state index is 0.221. The van der Waals surface area contributed by atoms with Crippen molar-refractivity contribution >= 4 is 0 Å². The molecule has 0 bridgehead atoms. The average molecular weight is 185 g/mol. The highest BCUT2D eigenvalue weighted by molar-refractivity contribution is 4.91. The highest BCUT2D eigenvalue weighted by Gasteiger charge is 2.35. The van der Waals surface area contributed by atoms with Crippen molar-refractivity contribution in [2.75, 3.05) is 0 Å². The van der Waals surface area contributed by atoms with Gasteiger partial charge in [-0.05, 0) is 32.6 Å². The summed E-state index contributed by atoms with van der Waals surface area (Å²) in [6, 6.07) is 0. The zero-order valence-corrected chi connectivity index (χ0v) is 9.39. The van der Waals surface area contributed by atoms with Gasteiger partial charge in [-0.25, -0.2) is 0 Å². The molecule has 1 rings (SSSR count). The van der Waals surface area contributed by atoms with Crippen LogP contribution >= 0.6 is 0 Å². The largest absolute Gasteiger partial charge is 0.360 e. The van der Waals surface area contributed by atoms with Gasteiger partial charge >= 0.3 is 0 Å². The Labute approximate surface area is 82.0 Å². The maximum absolute atomic E-state index is 5.78. The molecular weight excluding hydrogens is 162 g/mol. The second kappa shape index (κ2) is 4.43. The molecule has 0 amide bonds. The quantitative estimate of drug-likeness (QED) is 0.730. The summed E-state index contributed by atoms with van der Waals surface area (Å²) in [6.45, 7) is 8.85. The predicted octanol–water partition coefficient (Wildman–Crippen LogP) is 2.68. The molecule has 2 heteroatoms. The molecule has 1 saturated heterocycles. The van der Waals surface area contributed by atoms with Gasteiger partial charge in [-0.1, -0.05) is 20.8 Å². The molecule has 1 heterocycles. The lowest BCUT2D eigenvalue weighted by atomic mass is 9.84. The van der Waals surface area contributed by atoms with Crippen molar-refractivity contribution in [2.45, 2.75) is 71.2 Å². The molecule has 13 heavy (non-hydrogen) atoms. The van der Waals surface area contributed by atoms with Crippen LogP contribution in [0.1, 0.15) is 53.4 Å². The third kappa shape index (κ3) is 2.44. The Balaban J connectivity index is 2.64. The monoisotopic (exact) mass is 185 g/mol. The SMILES string of the molecule is CCC1CC(CC)(CC)NC(C)O1. The van der Waals surface area contributed by atoms with Gasteiger partial charge in [0.05, 0.1) is 6.10 Å². The molecule has 2 nitrogen and oxygen atoms in total. The lowest BCUT2D eigenvalue weighted by molar-refractivity contribution is -0.0968. The summed E-state index contributed by atoms with van der Waals surface area (Å²) in [5, 5.41) is 3.57. The maximum atomic E-state index is 5.78. The number of rotatable bonds is 3. The van der Waals surface area contributed by atoms with E-state index in [0.29, 0.717) is 11.6 Å². The van der Waals surface area contributed by atoms with Crippen molar-refractivity contribution in [3.8, 4) is 0 Å². The standard InChI is InChI=1S/C11H23NO/c1-5-10-8-11(6-2,7-3)12-9(4)13-10/h9-10,12H,5-8H2,1-4H3. The number of ether oxygens (including phenoxy) is 1. The van der Waals surface area contributed by atoms with Gasteiger partial charge in [0.1, 0.15) is 6.23 Å². The van der Waals surface area contributed by atoms with Gasteiger partial charge in [-0.3, -0.25) is 5.32 Å². The summed E-state index contributed by atoms with van der Waals surface area (Å²) < 4.78 is 5.78. The van der Waals surface area contributed by atoms with E-state index in [1.165, 1.54) is 19.3 Å². The van der Waals surface area contributed by atoms with Gasteiger partial charge in [0, 0.05) is 5.54 Å². The van der Waals surface area contributed by atoms with Gasteiger partial charge in [0.15, 0.2) is 0 Å². The fourth-order valence-electron chi connectivity index (χ4n) is 2.28. The molecule has 1 aliphatic rings. The number of nitrogens with one attached hydrogen (secondary N) is 1. The van der Waals surface area contributed by atoms with Crippen LogP contribution in [0.15, 0.2) is 0 Å². The van der Waals surface area contributed by atoms with Gasteiger partial charge in [0.2, 0.25) is 0 Å². The Morgan fingerprint density at radius 1 is 1.31 bits per heavy atom. The van der Waals surface area contributed by atoms with Crippen molar-refractivity contribution < 1.29 is 4.74 Å². The Kier molecular flexibility index (Phi) is 3.74. The summed E-state index contributed by atoms with van der Waals surface area (Å²) in [5.41, 5.74) is 0.332. The Morgan fingerprint density at radius 2 is 1.92 bits per heavy atom. The van der Waals surface area contributed by atoms with Crippen LogP contribution in [0, 0.1) is 0 Å². The minimum atomic E-state index is 0.221. The van der Waals surface area contributed by atoms with Crippen LogP contribution in [0.2, 0.25) is 0 Å². The number of hydrogen-bond acceptors (Lipinski definition) is 2. The number of hydrogen-bond donors (Lipinski definition) is 1. The van der Waals surface area contributed by atoms with Crippen LogP contribution < -0.4 is 5.32 Å². The first-order valence-corrected chi connectivity index (χ1v) is 5.59. The first-order chi connectivity index (χ1) is 6.15. The lowest BCUT2D eigenvalue weighted by Crippen LogP contribution is -2.57. The average Bonchev–Trinajstić information content (AvgIpc) is 2.16. The van der Waals surface area contributed by atoms with Crippen molar-refractivity contribution in [3.05, 3.63) is 0 Å². The molecule has 0 aromatic carbocycles. The van der Waals surface area contributed by atoms with E-state index in [-0.39, 0.29) is 6.23 Å². The van der Waals surface area contributed by atoms with Crippen LogP contribution in [0.25, 0.3) is 0 Å². The molecule has 0 saturated carbocycles. The topological polar surface area (TPSA) is 21.3 Å². The first kappa shape index (κ1) is 11.0. The van der Waals surface area contributed by atoms with E-state index >= 15 is 0 Å². The third-order valence-electron chi connectivity index (χ3n) is 3.33. The van der Waals surface area contributed by atoms with Crippen molar-refractivity contribution in [3.63, 3.8) is 0 Å². The fourth-order valence-corrected chi connectivity index (χ4v) is 2.28. The van der Waals surface area contributed by atoms with E-state index < -0.39 is 0 Å². The molecule has 0 aromatic heterocycles. The molecule has 0 radical (unpaired) electrons. The van der Waals surface area contributed by atoms with E-state index in [9.17, 15) is 0 Å². The predicted molar refractivity (Wildman–Crippen MR) is 55.7 cm³/mol. The molecule has 0 spiro atoms. The van der Waals surface area contributed by atoms with Gasteiger partial charge in [-0.15, -0.1) is 0 Å². The Hall–Kier alpha value is -0.0800. The Bertz CT molecular complexity index is 154. The van der Waals surface area contributed by atoms with E-state index in [1.54, 1.807) is 0 Å². The van der Waals surface area contributed by atoms with Crippen molar-refractivity contribution in [1.29, 1.82) is 0 Å². The third-order valence-corrected chi connectivity index (χ3v) is 3.33. The minimum Gasteiger partial charge on any atom is -0.360 e. The fraction of sp³-hybridized carbons (Fsp3) is 1.00. The molecule has 1 fully saturated rings. The molecule has 2 atom stereocenters. The molecule has 2 unspecified atom stereocenters. The zero-order valence-electron chi connectivity index (χ0n) is 9.39. The molecule has 1 N–H and O–H groups in total.